The molecule has 0 aromatic rings. The molecule has 1 fully saturated rings. The molecule has 2 unspecified atom stereocenters. The van der Waals surface area contributed by atoms with E-state index >= 15 is 0 Å². The Morgan fingerprint density at radius 3 is 2.85 bits per heavy atom. The summed E-state index contributed by atoms with van der Waals surface area (Å²) < 4.78 is 0. The summed E-state index contributed by atoms with van der Waals surface area (Å²) in [4.78, 5) is 2.48. The first kappa shape index (κ1) is 10.5. The molecule has 1 saturated heterocycles. The van der Waals surface area contributed by atoms with E-state index in [2.05, 4.69) is 18.7 Å². The van der Waals surface area contributed by atoms with Gasteiger partial charge in [-0.3, -0.25) is 10.3 Å². The molecule has 0 saturated carbocycles. The highest BCUT2D eigenvalue weighted by molar-refractivity contribution is 5.77. The second kappa shape index (κ2) is 4.61. The number of hydrogen-bond donors (Lipinski definition) is 2. The van der Waals surface area contributed by atoms with E-state index in [9.17, 15) is 0 Å². The van der Waals surface area contributed by atoms with Crippen LogP contribution in [0.4, 0.5) is 0 Å². The van der Waals surface area contributed by atoms with Gasteiger partial charge in [0, 0.05) is 18.5 Å². The van der Waals surface area contributed by atoms with E-state index in [4.69, 9.17) is 11.1 Å². The van der Waals surface area contributed by atoms with Crippen molar-refractivity contribution in [1.29, 1.82) is 5.41 Å². The summed E-state index contributed by atoms with van der Waals surface area (Å²) in [5, 5.41) is 7.26. The molecule has 1 heterocycles. The highest BCUT2D eigenvalue weighted by Gasteiger charge is 2.22. The van der Waals surface area contributed by atoms with Crippen LogP contribution in [0.25, 0.3) is 0 Å². The van der Waals surface area contributed by atoms with E-state index < -0.39 is 0 Å². The van der Waals surface area contributed by atoms with Crippen molar-refractivity contribution in [3.05, 3.63) is 0 Å². The molecule has 1 rings (SSSR count). The van der Waals surface area contributed by atoms with Crippen molar-refractivity contribution in [3.63, 3.8) is 0 Å². The van der Waals surface area contributed by atoms with Gasteiger partial charge in [0.25, 0.3) is 0 Å². The van der Waals surface area contributed by atoms with Crippen molar-refractivity contribution in [2.45, 2.75) is 51.6 Å². The zero-order valence-corrected chi connectivity index (χ0v) is 8.71. The third-order valence-electron chi connectivity index (χ3n) is 2.94. The molecule has 13 heavy (non-hydrogen) atoms. The fraction of sp³-hybridized carbons (Fsp3) is 0.900. The van der Waals surface area contributed by atoms with Crippen molar-refractivity contribution in [2.24, 2.45) is 5.73 Å². The Hall–Kier alpha value is -0.570. The van der Waals surface area contributed by atoms with Crippen molar-refractivity contribution >= 4 is 5.84 Å². The number of amidine groups is 1. The Morgan fingerprint density at radius 2 is 2.31 bits per heavy atom. The van der Waals surface area contributed by atoms with E-state index in [0.717, 1.165) is 0 Å². The van der Waals surface area contributed by atoms with Crippen LogP contribution >= 0.6 is 0 Å². The van der Waals surface area contributed by atoms with E-state index in [-0.39, 0.29) is 0 Å². The largest absolute Gasteiger partial charge is 0.388 e. The van der Waals surface area contributed by atoms with Crippen LogP contribution in [-0.4, -0.2) is 29.4 Å². The molecule has 3 heteroatoms. The topological polar surface area (TPSA) is 53.1 Å². The normalized spacial score (nSPS) is 27.1. The van der Waals surface area contributed by atoms with Gasteiger partial charge in [0.05, 0.1) is 5.84 Å². The Kier molecular flexibility index (Phi) is 3.72. The fourth-order valence-electron chi connectivity index (χ4n) is 2.21. The first-order valence-corrected chi connectivity index (χ1v) is 5.20. The summed E-state index contributed by atoms with van der Waals surface area (Å²) >= 11 is 0. The number of nitrogens with two attached hydrogens (primary N) is 1. The molecule has 0 bridgehead atoms. The lowest BCUT2D eigenvalue weighted by Crippen LogP contribution is -2.44. The fourth-order valence-corrected chi connectivity index (χ4v) is 2.21. The quantitative estimate of drug-likeness (QED) is 0.515. The summed E-state index contributed by atoms with van der Waals surface area (Å²) in [5.41, 5.74) is 5.40. The maximum atomic E-state index is 7.26. The van der Waals surface area contributed by atoms with E-state index in [1.807, 2.05) is 0 Å². The molecular weight excluding hydrogens is 162 g/mol. The van der Waals surface area contributed by atoms with Crippen LogP contribution in [0.15, 0.2) is 0 Å². The van der Waals surface area contributed by atoms with Crippen molar-refractivity contribution in [1.82, 2.24) is 4.90 Å². The van der Waals surface area contributed by atoms with E-state index in [1.165, 1.54) is 25.8 Å². The summed E-state index contributed by atoms with van der Waals surface area (Å²) in [6.07, 6.45) is 4.66. The number of likely N-dealkylation sites (tertiary alicyclic amines) is 1. The summed E-state index contributed by atoms with van der Waals surface area (Å²) in [5.74, 6) is 0.310. The summed E-state index contributed by atoms with van der Waals surface area (Å²) in [6, 6.07) is 1.11. The van der Waals surface area contributed by atoms with Crippen LogP contribution in [-0.2, 0) is 0 Å². The van der Waals surface area contributed by atoms with Crippen LogP contribution in [0.2, 0.25) is 0 Å². The minimum Gasteiger partial charge on any atom is -0.388 e. The van der Waals surface area contributed by atoms with Gasteiger partial charge >= 0.3 is 0 Å². The van der Waals surface area contributed by atoms with Crippen molar-refractivity contribution in [3.8, 4) is 0 Å². The zero-order chi connectivity index (χ0) is 9.84. The number of rotatable bonds is 3. The molecule has 0 aromatic heterocycles. The van der Waals surface area contributed by atoms with Gasteiger partial charge in [-0.25, -0.2) is 0 Å². The standard InChI is InChI=1S/C10H21N3/c1-8-5-3-4-6-13(8)9(2)7-10(11)12/h8-9H,3-7H2,1-2H3,(H3,11,12). The molecular formula is C10H21N3. The first-order valence-electron chi connectivity index (χ1n) is 5.20. The number of nitrogens with zero attached hydrogens (tertiary/aromatic N) is 1. The van der Waals surface area contributed by atoms with Crippen LogP contribution in [0, 0.1) is 5.41 Å². The Bertz CT molecular complexity index is 179. The monoisotopic (exact) mass is 183 g/mol. The van der Waals surface area contributed by atoms with Crippen LogP contribution in [0.1, 0.15) is 39.5 Å². The van der Waals surface area contributed by atoms with Gasteiger partial charge in [-0.15, -0.1) is 0 Å². The van der Waals surface area contributed by atoms with Gasteiger partial charge in [-0.2, -0.15) is 0 Å². The predicted molar refractivity (Wildman–Crippen MR) is 56.0 cm³/mol. The molecule has 2 atom stereocenters. The molecule has 3 nitrogen and oxygen atoms in total. The van der Waals surface area contributed by atoms with Gasteiger partial charge < -0.3 is 5.73 Å². The molecule has 3 N–H and O–H groups in total. The van der Waals surface area contributed by atoms with Gasteiger partial charge in [0.1, 0.15) is 0 Å². The van der Waals surface area contributed by atoms with Gasteiger partial charge in [0.15, 0.2) is 0 Å². The first-order chi connectivity index (χ1) is 6.11. The third kappa shape index (κ3) is 2.99. The second-order valence-electron chi connectivity index (χ2n) is 4.16. The highest BCUT2D eigenvalue weighted by atomic mass is 15.2. The highest BCUT2D eigenvalue weighted by Crippen LogP contribution is 2.20. The molecule has 0 amide bonds. The van der Waals surface area contributed by atoms with Gasteiger partial charge in [0.2, 0.25) is 0 Å². The van der Waals surface area contributed by atoms with E-state index in [1.54, 1.807) is 0 Å². The smallest absolute Gasteiger partial charge is 0.0920 e. The third-order valence-corrected chi connectivity index (χ3v) is 2.94. The van der Waals surface area contributed by atoms with Gasteiger partial charge in [-0.05, 0) is 33.2 Å². The number of nitrogens with one attached hydrogen (secondary N) is 1. The number of piperidine rings is 1. The second-order valence-corrected chi connectivity index (χ2v) is 4.16. The minimum absolute atomic E-state index is 0.310. The lowest BCUT2D eigenvalue weighted by molar-refractivity contribution is 0.117. The lowest BCUT2D eigenvalue weighted by Gasteiger charge is -2.37. The summed E-state index contributed by atoms with van der Waals surface area (Å²) in [7, 11) is 0. The molecule has 1 aliphatic heterocycles. The van der Waals surface area contributed by atoms with Crippen molar-refractivity contribution in [2.75, 3.05) is 6.54 Å². The predicted octanol–water partition coefficient (Wildman–Crippen LogP) is 1.58. The molecule has 1 aliphatic rings. The molecule has 0 radical (unpaired) electrons. The minimum atomic E-state index is 0.310. The molecule has 0 aromatic carbocycles. The van der Waals surface area contributed by atoms with Crippen molar-refractivity contribution < 1.29 is 0 Å². The average molecular weight is 183 g/mol. The van der Waals surface area contributed by atoms with Gasteiger partial charge in [-0.1, -0.05) is 6.42 Å². The van der Waals surface area contributed by atoms with Crippen LogP contribution < -0.4 is 5.73 Å². The van der Waals surface area contributed by atoms with Crippen LogP contribution in [0.3, 0.4) is 0 Å². The molecule has 76 valence electrons. The maximum Gasteiger partial charge on any atom is 0.0920 e. The Morgan fingerprint density at radius 1 is 1.62 bits per heavy atom. The maximum absolute atomic E-state index is 7.26. The molecule has 0 aliphatic carbocycles. The number of hydrogen-bond acceptors (Lipinski definition) is 2. The summed E-state index contributed by atoms with van der Waals surface area (Å²) in [6.45, 7) is 5.62. The SMILES string of the molecule is CC1CCCCN1C(C)CC(=N)N. The Balaban J connectivity index is 2.43. The molecule has 0 spiro atoms. The van der Waals surface area contributed by atoms with E-state index in [0.29, 0.717) is 24.3 Å². The zero-order valence-electron chi connectivity index (χ0n) is 8.71. The lowest BCUT2D eigenvalue weighted by atomic mass is 10.0. The Labute approximate surface area is 80.8 Å². The van der Waals surface area contributed by atoms with Crippen LogP contribution in [0.5, 0.6) is 0 Å². The average Bonchev–Trinajstić information content (AvgIpc) is 2.03.